The van der Waals surface area contributed by atoms with Gasteiger partial charge in [-0.1, -0.05) is 17.7 Å². The molecule has 1 aliphatic rings. The summed E-state index contributed by atoms with van der Waals surface area (Å²) in [5.41, 5.74) is 1.99. The van der Waals surface area contributed by atoms with Gasteiger partial charge in [0.1, 0.15) is 11.4 Å². The van der Waals surface area contributed by atoms with Crippen LogP contribution in [-0.2, 0) is 4.74 Å². The monoisotopic (exact) mass is 401 g/mol. The number of esters is 1. The number of hydrogen-bond acceptors (Lipinski definition) is 4. The molecule has 2 heterocycles. The van der Waals surface area contributed by atoms with Gasteiger partial charge in [-0.3, -0.25) is 9.80 Å². The van der Waals surface area contributed by atoms with Crippen LogP contribution in [0.5, 0.6) is 0 Å². The van der Waals surface area contributed by atoms with Crippen LogP contribution in [0, 0.1) is 13.8 Å². The van der Waals surface area contributed by atoms with Crippen LogP contribution in [-0.4, -0.2) is 35.7 Å². The summed E-state index contributed by atoms with van der Waals surface area (Å²) in [7, 11) is 0. The molecule has 148 valence electrons. The lowest BCUT2D eigenvalue weighted by Gasteiger charge is -2.22. The number of anilines is 2. The number of amides is 2. The summed E-state index contributed by atoms with van der Waals surface area (Å²) in [6.45, 7) is 10.1. The third-order valence-electron chi connectivity index (χ3n) is 4.37. The van der Waals surface area contributed by atoms with Crippen molar-refractivity contribution in [1.29, 1.82) is 0 Å². The summed E-state index contributed by atoms with van der Waals surface area (Å²) >= 11 is 6.26. The van der Waals surface area contributed by atoms with Gasteiger partial charge in [-0.15, -0.1) is 0 Å². The van der Waals surface area contributed by atoms with Crippen LogP contribution < -0.4 is 9.80 Å². The van der Waals surface area contributed by atoms with Crippen LogP contribution in [0.2, 0.25) is 5.02 Å². The molecular weight excluding hydrogens is 378 g/mol. The van der Waals surface area contributed by atoms with Crippen molar-refractivity contribution in [2.75, 3.05) is 22.9 Å². The van der Waals surface area contributed by atoms with Crippen molar-refractivity contribution in [1.82, 2.24) is 4.98 Å². The molecule has 0 N–H and O–H groups in total. The molecule has 0 saturated carbocycles. The Morgan fingerprint density at radius 1 is 1.14 bits per heavy atom. The molecule has 1 aliphatic heterocycles. The molecule has 1 aromatic carbocycles. The fourth-order valence-electron chi connectivity index (χ4n) is 3.06. The second-order valence-corrected chi connectivity index (χ2v) is 8.24. The molecule has 0 aliphatic carbocycles. The number of ether oxygens (including phenoxy) is 1. The van der Waals surface area contributed by atoms with Crippen LogP contribution in [0.25, 0.3) is 0 Å². The molecule has 1 aromatic heterocycles. The zero-order chi connectivity index (χ0) is 20.6. The summed E-state index contributed by atoms with van der Waals surface area (Å²) in [6, 6.07) is 8.50. The van der Waals surface area contributed by atoms with E-state index in [0.29, 0.717) is 35.2 Å². The molecule has 3 rings (SSSR count). The van der Waals surface area contributed by atoms with E-state index >= 15 is 0 Å². The molecule has 1 fully saturated rings. The van der Waals surface area contributed by atoms with Crippen LogP contribution in [0.4, 0.5) is 16.3 Å². The highest BCUT2D eigenvalue weighted by atomic mass is 35.5. The van der Waals surface area contributed by atoms with Crippen LogP contribution >= 0.6 is 11.6 Å². The number of benzene rings is 1. The Bertz CT molecular complexity index is 937. The molecule has 7 heteroatoms. The number of hydrogen-bond donors (Lipinski definition) is 0. The predicted molar refractivity (Wildman–Crippen MR) is 110 cm³/mol. The fourth-order valence-corrected chi connectivity index (χ4v) is 3.30. The molecule has 0 radical (unpaired) electrons. The third kappa shape index (κ3) is 4.12. The first-order chi connectivity index (χ1) is 13.1. The van der Waals surface area contributed by atoms with Gasteiger partial charge < -0.3 is 4.74 Å². The lowest BCUT2D eigenvalue weighted by molar-refractivity contribution is 0.00695. The largest absolute Gasteiger partial charge is 0.456 e. The Morgan fingerprint density at radius 3 is 2.50 bits per heavy atom. The van der Waals surface area contributed by atoms with Crippen molar-refractivity contribution in [2.45, 2.75) is 40.2 Å². The summed E-state index contributed by atoms with van der Waals surface area (Å²) < 4.78 is 5.42. The highest BCUT2D eigenvalue weighted by Gasteiger charge is 2.33. The first-order valence-electron chi connectivity index (χ1n) is 9.13. The summed E-state index contributed by atoms with van der Waals surface area (Å²) in [6.07, 6.45) is 0. The zero-order valence-electron chi connectivity index (χ0n) is 16.7. The second kappa shape index (κ2) is 7.43. The third-order valence-corrected chi connectivity index (χ3v) is 4.76. The van der Waals surface area contributed by atoms with Gasteiger partial charge in [-0.25, -0.2) is 14.6 Å². The van der Waals surface area contributed by atoms with E-state index in [0.717, 1.165) is 11.3 Å². The van der Waals surface area contributed by atoms with E-state index in [1.165, 1.54) is 0 Å². The van der Waals surface area contributed by atoms with Crippen molar-refractivity contribution < 1.29 is 14.3 Å². The van der Waals surface area contributed by atoms with Crippen molar-refractivity contribution in [2.24, 2.45) is 0 Å². The topological polar surface area (TPSA) is 62.7 Å². The van der Waals surface area contributed by atoms with E-state index in [4.69, 9.17) is 16.3 Å². The van der Waals surface area contributed by atoms with E-state index in [9.17, 15) is 9.59 Å². The van der Waals surface area contributed by atoms with Crippen LogP contribution in [0.1, 0.15) is 42.4 Å². The van der Waals surface area contributed by atoms with Gasteiger partial charge >= 0.3 is 12.0 Å². The van der Waals surface area contributed by atoms with E-state index in [-0.39, 0.29) is 6.03 Å². The van der Waals surface area contributed by atoms with Gasteiger partial charge in [0.25, 0.3) is 0 Å². The number of carbonyl (C=O) groups is 2. The van der Waals surface area contributed by atoms with E-state index in [1.807, 2.05) is 34.6 Å². The van der Waals surface area contributed by atoms with E-state index < -0.39 is 11.6 Å². The number of urea groups is 1. The molecule has 6 nitrogen and oxygen atoms in total. The van der Waals surface area contributed by atoms with Gasteiger partial charge in [0.05, 0.1) is 5.56 Å². The first-order valence-corrected chi connectivity index (χ1v) is 9.51. The minimum Gasteiger partial charge on any atom is -0.456 e. The number of carbonyl (C=O) groups excluding carboxylic acids is 2. The van der Waals surface area contributed by atoms with E-state index in [1.54, 1.807) is 40.1 Å². The Labute approximate surface area is 170 Å². The Balaban J connectivity index is 1.86. The highest BCUT2D eigenvalue weighted by molar-refractivity contribution is 6.31. The minimum absolute atomic E-state index is 0.196. The quantitative estimate of drug-likeness (QED) is 0.696. The molecule has 0 spiro atoms. The standard InChI is InChI=1S/C21H24ClN3O3/c1-13-11-17(22)14(2)18(23-13)25-10-9-24(20(25)27)16-8-6-7-15(12-16)19(26)28-21(3,4)5/h6-8,11-12H,9-10H2,1-5H3. The molecule has 2 aromatic rings. The Hall–Kier alpha value is -2.60. The van der Waals surface area contributed by atoms with Gasteiger partial charge in [0, 0.05) is 35.1 Å². The number of halogens is 1. The van der Waals surface area contributed by atoms with Gasteiger partial charge in [0.15, 0.2) is 0 Å². The van der Waals surface area contributed by atoms with Crippen molar-refractivity contribution >= 4 is 35.1 Å². The summed E-state index contributed by atoms with van der Waals surface area (Å²) in [5, 5.41) is 0.584. The average Bonchev–Trinajstić information content (AvgIpc) is 2.98. The summed E-state index contributed by atoms with van der Waals surface area (Å²) in [5.74, 6) is 0.154. The Morgan fingerprint density at radius 2 is 1.82 bits per heavy atom. The predicted octanol–water partition coefficient (Wildman–Crippen LogP) is 4.75. The maximum Gasteiger partial charge on any atom is 0.338 e. The molecule has 28 heavy (non-hydrogen) atoms. The SMILES string of the molecule is Cc1cc(Cl)c(C)c(N2CCN(c3cccc(C(=O)OC(C)(C)C)c3)C2=O)n1. The number of aryl methyl sites for hydroxylation is 1. The summed E-state index contributed by atoms with van der Waals surface area (Å²) in [4.78, 5) is 33.1. The molecule has 2 amide bonds. The number of aromatic nitrogens is 1. The molecule has 0 bridgehead atoms. The maximum atomic E-state index is 13.0. The number of pyridine rings is 1. The molecule has 0 unspecified atom stereocenters. The average molecular weight is 402 g/mol. The lowest BCUT2D eigenvalue weighted by Crippen LogP contribution is -2.33. The maximum absolute atomic E-state index is 13.0. The number of rotatable bonds is 3. The van der Waals surface area contributed by atoms with Crippen molar-refractivity contribution in [3.05, 3.63) is 52.2 Å². The fraction of sp³-hybridized carbons (Fsp3) is 0.381. The molecular formula is C21H24ClN3O3. The molecule has 1 saturated heterocycles. The van der Waals surface area contributed by atoms with Gasteiger partial charge in [0.2, 0.25) is 0 Å². The van der Waals surface area contributed by atoms with Crippen molar-refractivity contribution in [3.8, 4) is 0 Å². The second-order valence-electron chi connectivity index (χ2n) is 7.83. The van der Waals surface area contributed by atoms with E-state index in [2.05, 4.69) is 4.98 Å². The van der Waals surface area contributed by atoms with Gasteiger partial charge in [-0.05, 0) is 58.9 Å². The minimum atomic E-state index is -0.582. The van der Waals surface area contributed by atoms with Crippen LogP contribution in [0.3, 0.4) is 0 Å². The normalized spacial score (nSPS) is 14.6. The van der Waals surface area contributed by atoms with Crippen molar-refractivity contribution in [3.63, 3.8) is 0 Å². The smallest absolute Gasteiger partial charge is 0.338 e. The Kier molecular flexibility index (Phi) is 5.35. The molecule has 0 atom stereocenters. The van der Waals surface area contributed by atoms with Crippen LogP contribution in [0.15, 0.2) is 30.3 Å². The zero-order valence-corrected chi connectivity index (χ0v) is 17.5. The number of nitrogens with zero attached hydrogens (tertiary/aromatic N) is 3. The first kappa shape index (κ1) is 20.1. The van der Waals surface area contributed by atoms with Gasteiger partial charge in [-0.2, -0.15) is 0 Å². The lowest BCUT2D eigenvalue weighted by atomic mass is 10.1. The highest BCUT2D eigenvalue weighted by Crippen LogP contribution is 2.30.